The lowest BCUT2D eigenvalue weighted by molar-refractivity contribution is -0.140. The first-order chi connectivity index (χ1) is 23.6. The molecule has 1 N–H and O–H groups in total. The Kier molecular flexibility index (Phi) is 12.5. The Hall–Kier alpha value is -3.76. The second kappa shape index (κ2) is 16.8. The average molecular weight is 743 g/mol. The monoisotopic (exact) mass is 741 g/mol. The maximum Gasteiger partial charge on any atom is 0.264 e. The third-order valence-corrected chi connectivity index (χ3v) is 11.3. The quantitative estimate of drug-likeness (QED) is 0.150. The molecule has 0 aliphatic heterocycles. The van der Waals surface area contributed by atoms with Crippen LogP contribution in [0.3, 0.4) is 0 Å². The average Bonchev–Trinajstić information content (AvgIpc) is 3.11. The number of carbonyl (C=O) groups is 2. The zero-order valence-corrected chi connectivity index (χ0v) is 30.1. The molecule has 49 heavy (non-hydrogen) atoms. The predicted molar refractivity (Wildman–Crippen MR) is 195 cm³/mol. The molecule has 1 atom stereocenters. The molecule has 4 aromatic rings. The molecule has 258 valence electrons. The Morgan fingerprint density at radius 3 is 2.12 bits per heavy atom. The third kappa shape index (κ3) is 9.08. The van der Waals surface area contributed by atoms with Gasteiger partial charge in [-0.3, -0.25) is 13.9 Å². The van der Waals surface area contributed by atoms with Crippen molar-refractivity contribution in [2.45, 2.75) is 62.0 Å². The number of anilines is 1. The van der Waals surface area contributed by atoms with Crippen molar-refractivity contribution in [2.75, 3.05) is 18.0 Å². The number of sulfonamides is 1. The molecular formula is C37H38Cl3N3O5S. The third-order valence-electron chi connectivity index (χ3n) is 8.63. The van der Waals surface area contributed by atoms with Crippen LogP contribution >= 0.6 is 34.8 Å². The van der Waals surface area contributed by atoms with Crippen molar-refractivity contribution >= 4 is 62.3 Å². The summed E-state index contributed by atoms with van der Waals surface area (Å²) in [6.45, 7) is -0.836. The van der Waals surface area contributed by atoms with Crippen LogP contribution in [0.25, 0.3) is 0 Å². The molecule has 5 rings (SSSR count). The van der Waals surface area contributed by atoms with Crippen LogP contribution < -0.4 is 14.4 Å². The molecule has 1 aliphatic carbocycles. The van der Waals surface area contributed by atoms with E-state index in [0.717, 1.165) is 42.0 Å². The molecule has 2 amide bonds. The molecule has 4 aromatic carbocycles. The van der Waals surface area contributed by atoms with Gasteiger partial charge in [-0.25, -0.2) is 8.42 Å². The molecule has 0 unspecified atom stereocenters. The van der Waals surface area contributed by atoms with E-state index in [2.05, 4.69) is 5.32 Å². The maximum atomic E-state index is 14.8. The number of methoxy groups -OCH3 is 1. The Labute approximate surface area is 303 Å². The minimum Gasteiger partial charge on any atom is -0.495 e. The normalized spacial score (nSPS) is 14.1. The summed E-state index contributed by atoms with van der Waals surface area (Å²) in [4.78, 5) is 30.5. The standard InChI is InChI=1S/C37H38Cl3N3O5S/c1-48-35-21-20-27(38)23-33(35)43(49(46,47)29-16-9-4-10-17-29)25-36(44)42(24-30-31(39)18-11-19-32(30)40)34(22-26-12-5-2-6-13-26)37(45)41-28-14-7-3-8-15-28/h2,4-6,9-13,16-21,23,28,34H,3,7-8,14-15,22,24-25H2,1H3,(H,41,45)/t34-/m0/s1. The van der Waals surface area contributed by atoms with Crippen molar-refractivity contribution < 1.29 is 22.7 Å². The van der Waals surface area contributed by atoms with Gasteiger partial charge in [0, 0.05) is 39.6 Å². The van der Waals surface area contributed by atoms with Crippen LogP contribution in [-0.2, 0) is 32.6 Å². The van der Waals surface area contributed by atoms with Crippen LogP contribution in [0.1, 0.15) is 43.2 Å². The largest absolute Gasteiger partial charge is 0.495 e. The number of hydrogen-bond acceptors (Lipinski definition) is 5. The molecule has 1 fully saturated rings. The smallest absolute Gasteiger partial charge is 0.264 e. The summed E-state index contributed by atoms with van der Waals surface area (Å²) in [5.41, 5.74) is 1.31. The van der Waals surface area contributed by atoms with Gasteiger partial charge in [-0.2, -0.15) is 0 Å². The minimum absolute atomic E-state index is 0.0361. The number of nitrogens with zero attached hydrogens (tertiary/aromatic N) is 2. The van der Waals surface area contributed by atoms with Crippen LogP contribution in [0, 0.1) is 0 Å². The maximum absolute atomic E-state index is 14.8. The molecule has 0 spiro atoms. The Morgan fingerprint density at radius 1 is 0.857 bits per heavy atom. The molecule has 0 saturated heterocycles. The molecule has 0 radical (unpaired) electrons. The molecule has 8 nitrogen and oxygen atoms in total. The summed E-state index contributed by atoms with van der Waals surface area (Å²) in [7, 11) is -2.95. The van der Waals surface area contributed by atoms with E-state index in [9.17, 15) is 18.0 Å². The van der Waals surface area contributed by atoms with E-state index >= 15 is 0 Å². The van der Waals surface area contributed by atoms with Crippen LogP contribution in [0.15, 0.2) is 102 Å². The highest BCUT2D eigenvalue weighted by Gasteiger charge is 2.37. The van der Waals surface area contributed by atoms with E-state index in [4.69, 9.17) is 39.5 Å². The van der Waals surface area contributed by atoms with E-state index in [1.807, 2.05) is 30.3 Å². The van der Waals surface area contributed by atoms with Crippen LogP contribution in [-0.4, -0.2) is 50.9 Å². The zero-order valence-electron chi connectivity index (χ0n) is 27.0. The number of hydrogen-bond donors (Lipinski definition) is 1. The van der Waals surface area contributed by atoms with Gasteiger partial charge >= 0.3 is 0 Å². The lowest BCUT2D eigenvalue weighted by atomic mass is 9.94. The Bertz CT molecular complexity index is 1840. The second-order valence-corrected chi connectivity index (χ2v) is 15.0. The highest BCUT2D eigenvalue weighted by Crippen LogP contribution is 2.35. The SMILES string of the molecule is COc1ccc(Cl)cc1N(CC(=O)N(Cc1c(Cl)cccc1Cl)[C@@H](Cc1ccccc1)C(=O)NC1CCCCC1)S(=O)(=O)c1ccccc1. The second-order valence-electron chi connectivity index (χ2n) is 11.9. The van der Waals surface area contributed by atoms with Gasteiger partial charge in [-0.1, -0.05) is 109 Å². The first kappa shape index (κ1) is 36.5. The minimum atomic E-state index is -4.35. The van der Waals surface area contributed by atoms with Crippen LogP contribution in [0.2, 0.25) is 15.1 Å². The van der Waals surface area contributed by atoms with Crippen molar-refractivity contribution in [3.8, 4) is 5.75 Å². The van der Waals surface area contributed by atoms with Gasteiger partial charge < -0.3 is 15.0 Å². The number of halogens is 3. The van der Waals surface area contributed by atoms with E-state index in [1.54, 1.807) is 42.5 Å². The van der Waals surface area contributed by atoms with Crippen LogP contribution in [0.5, 0.6) is 5.75 Å². The number of carbonyl (C=O) groups excluding carboxylic acids is 2. The van der Waals surface area contributed by atoms with E-state index in [1.165, 1.54) is 36.3 Å². The fourth-order valence-corrected chi connectivity index (χ4v) is 8.16. The lowest BCUT2D eigenvalue weighted by Gasteiger charge is -2.35. The highest BCUT2D eigenvalue weighted by molar-refractivity contribution is 7.92. The van der Waals surface area contributed by atoms with E-state index < -0.39 is 28.5 Å². The summed E-state index contributed by atoms with van der Waals surface area (Å²) >= 11 is 19.6. The van der Waals surface area contributed by atoms with Crippen LogP contribution in [0.4, 0.5) is 5.69 Å². The van der Waals surface area contributed by atoms with Crippen molar-refractivity contribution in [3.63, 3.8) is 0 Å². The van der Waals surface area contributed by atoms with Gasteiger partial charge in [0.15, 0.2) is 0 Å². The van der Waals surface area contributed by atoms with Crippen molar-refractivity contribution in [1.29, 1.82) is 0 Å². The first-order valence-electron chi connectivity index (χ1n) is 16.1. The summed E-state index contributed by atoms with van der Waals surface area (Å²) in [6, 6.07) is 25.6. The zero-order chi connectivity index (χ0) is 35.0. The number of ether oxygens (including phenoxy) is 1. The summed E-state index contributed by atoms with van der Waals surface area (Å²) in [5.74, 6) is -0.810. The van der Waals surface area contributed by atoms with Gasteiger partial charge in [0.25, 0.3) is 10.0 Å². The lowest BCUT2D eigenvalue weighted by Crippen LogP contribution is -2.55. The van der Waals surface area contributed by atoms with Gasteiger partial charge in [0.1, 0.15) is 18.3 Å². The number of nitrogens with one attached hydrogen (secondary N) is 1. The highest BCUT2D eigenvalue weighted by atomic mass is 35.5. The summed E-state index contributed by atoms with van der Waals surface area (Å²) in [6.07, 6.45) is 4.95. The van der Waals surface area contributed by atoms with Crippen molar-refractivity contribution in [3.05, 3.63) is 123 Å². The number of rotatable bonds is 13. The van der Waals surface area contributed by atoms with Crippen molar-refractivity contribution in [1.82, 2.24) is 10.2 Å². The molecule has 0 aromatic heterocycles. The Balaban J connectivity index is 1.62. The first-order valence-corrected chi connectivity index (χ1v) is 18.6. The van der Waals surface area contributed by atoms with Gasteiger partial charge in [-0.05, 0) is 60.9 Å². The van der Waals surface area contributed by atoms with Gasteiger partial charge in [0.05, 0.1) is 17.7 Å². The number of benzene rings is 4. The molecule has 12 heteroatoms. The molecule has 1 aliphatic rings. The predicted octanol–water partition coefficient (Wildman–Crippen LogP) is 7.94. The van der Waals surface area contributed by atoms with E-state index in [0.29, 0.717) is 15.6 Å². The molecule has 0 bridgehead atoms. The fourth-order valence-electron chi connectivity index (χ4n) is 6.04. The van der Waals surface area contributed by atoms with Crippen molar-refractivity contribution in [2.24, 2.45) is 0 Å². The fraction of sp³-hybridized carbons (Fsp3) is 0.297. The van der Waals surface area contributed by atoms with Gasteiger partial charge in [0.2, 0.25) is 11.8 Å². The molecule has 0 heterocycles. The molecular weight excluding hydrogens is 705 g/mol. The summed E-state index contributed by atoms with van der Waals surface area (Å²) < 4.78 is 35.2. The van der Waals surface area contributed by atoms with Gasteiger partial charge in [-0.15, -0.1) is 0 Å². The molecule has 1 saturated carbocycles. The van der Waals surface area contributed by atoms with E-state index in [-0.39, 0.29) is 46.3 Å². The Morgan fingerprint density at radius 2 is 1.49 bits per heavy atom. The topological polar surface area (TPSA) is 96.0 Å². The summed E-state index contributed by atoms with van der Waals surface area (Å²) in [5, 5.41) is 4.04. The number of amides is 2.